The molecule has 4 aliphatic rings. The van der Waals surface area contributed by atoms with Gasteiger partial charge in [-0.2, -0.15) is 0 Å². The minimum atomic E-state index is -1.23. The van der Waals surface area contributed by atoms with Crippen LogP contribution < -0.4 is 0 Å². The quantitative estimate of drug-likeness (QED) is 0.00769. The van der Waals surface area contributed by atoms with Crippen LogP contribution in [0.4, 0.5) is 0 Å². The number of allylic oxidation sites excluding steroid dienone is 5. The Bertz CT molecular complexity index is 2900. The van der Waals surface area contributed by atoms with Crippen molar-refractivity contribution >= 4 is 81.6 Å². The molecule has 127 heavy (non-hydrogen) atoms. The van der Waals surface area contributed by atoms with E-state index in [1.807, 2.05) is 83.2 Å². The molecule has 18 atom stereocenters. The van der Waals surface area contributed by atoms with Gasteiger partial charge in [0.2, 0.25) is 11.5 Å². The Morgan fingerprint density at radius 3 is 1.08 bits per heavy atom. The molecule has 27 heteroatoms. The Morgan fingerprint density at radius 2 is 0.764 bits per heavy atom. The van der Waals surface area contributed by atoms with E-state index >= 15 is 0 Å². The maximum absolute atomic E-state index is 11.5. The number of pyridine rings is 1. The van der Waals surface area contributed by atoms with E-state index < -0.39 is 85.0 Å². The second-order valence-electron chi connectivity index (χ2n) is 34.0. The van der Waals surface area contributed by atoms with Crippen LogP contribution in [-0.4, -0.2) is 174 Å². The number of esters is 5. The fourth-order valence-electron chi connectivity index (χ4n) is 13.8. The Morgan fingerprint density at radius 1 is 0.449 bits per heavy atom. The standard InChI is InChI=1S/C22H40O4.C18H34O5.C13H22O3.C12H20O5.C12H24O.C11H19ClO.C6H8O4.C5H5N.CH2Cl2/c1-7-8-9-10-11-12-13-14-15-16(2)24-22-21(26-20(6)23)18(4)17(3)19(5)25-22;1-4-5-6-7-8-9-10-11-12-13(2)22-18-17(21)16(20)15(19)14(3)23-18;1-2-3-4-5-6-7-8-9-10-12(14)11-13(15)16;1-6-7(2)11(16-9(4)13)12(15-8(6)3)17-10(5)14;1-3-4-5-6-7-8-9-10-11-12(2)13;1-2-3-4-5-6-7-8-9-10-11(12)13;1-6(2)9-4(7)3-5(8)10-6;1-2-4-6-5-3-1;2-1-3/h7,16-19,21-22H,1,8-15H2,2-6H3;4,13-21H,1,5-12H2,2-3H3;2H,1,3-11H2,(H,15,16);6-8,11-12H,1-5H3;3,12-13H,1,4-11H2,2H3;2H,1,3-10H2;3H2,1-2H3;1-5H;1H2/t16?,17-,18+,19?,21?,22-;13?,14?,15-,16-,17?,18+;;6-,7+,8?,11?,12?;;;;;/m10.1...../s1. The zero-order valence-corrected chi connectivity index (χ0v) is 83.0. The molecule has 5 heterocycles. The molecular formula is C100H174Cl3NO23. The Labute approximate surface area is 781 Å². The molecule has 10 unspecified atom stereocenters. The van der Waals surface area contributed by atoms with E-state index in [0.717, 1.165) is 96.3 Å². The average Bonchev–Trinajstić information content (AvgIpc) is 1.73. The summed E-state index contributed by atoms with van der Waals surface area (Å²) >= 11 is 14.7. The first-order chi connectivity index (χ1) is 60.3. The Balaban J connectivity index is -0.000000695. The van der Waals surface area contributed by atoms with Crippen LogP contribution in [0.15, 0.2) is 93.9 Å². The van der Waals surface area contributed by atoms with E-state index in [4.69, 9.17) is 82.9 Å². The second-order valence-corrected chi connectivity index (χ2v) is 35.2. The number of aliphatic hydroxyl groups excluding tert-OH is 4. The topological polar surface area (TPSA) is 343 Å². The monoisotopic (exact) mass is 1860 g/mol. The first-order valence-electron chi connectivity index (χ1n) is 47.2. The molecule has 1 aromatic rings. The van der Waals surface area contributed by atoms with Gasteiger partial charge in [0.15, 0.2) is 24.8 Å². The van der Waals surface area contributed by atoms with Gasteiger partial charge in [0.05, 0.1) is 42.0 Å². The number of ether oxygens (including phenoxy) is 10. The van der Waals surface area contributed by atoms with Crippen LogP contribution in [-0.2, 0) is 85.7 Å². The summed E-state index contributed by atoms with van der Waals surface area (Å²) in [6.45, 7) is 45.4. The zero-order valence-electron chi connectivity index (χ0n) is 80.8. The van der Waals surface area contributed by atoms with Crippen LogP contribution in [0.3, 0.4) is 0 Å². The van der Waals surface area contributed by atoms with Gasteiger partial charge in [0, 0.05) is 71.7 Å². The van der Waals surface area contributed by atoms with Crippen LogP contribution in [0.1, 0.15) is 374 Å². The molecule has 0 aliphatic carbocycles. The highest BCUT2D eigenvalue weighted by atomic mass is 35.5. The fourth-order valence-corrected chi connectivity index (χ4v) is 13.9. The van der Waals surface area contributed by atoms with Gasteiger partial charge in [0.1, 0.15) is 36.9 Å². The summed E-state index contributed by atoms with van der Waals surface area (Å²) in [5.41, 5.74) is 0. The molecule has 0 radical (unpaired) electrons. The number of Topliss-reactive ketones (excluding diaryl/α,β-unsaturated/α-hetero) is 1. The molecule has 4 aliphatic heterocycles. The molecule has 5 rings (SSSR count). The van der Waals surface area contributed by atoms with Crippen molar-refractivity contribution in [1.82, 2.24) is 4.98 Å². The van der Waals surface area contributed by atoms with Gasteiger partial charge < -0.3 is 72.9 Å². The third kappa shape index (κ3) is 76.7. The lowest BCUT2D eigenvalue weighted by atomic mass is 9.84. The van der Waals surface area contributed by atoms with E-state index in [1.165, 1.54) is 182 Å². The van der Waals surface area contributed by atoms with Crippen LogP contribution in [0.5, 0.6) is 0 Å². The first kappa shape index (κ1) is 128. The summed E-state index contributed by atoms with van der Waals surface area (Å²) in [4.78, 5) is 90.1. The molecule has 0 amide bonds. The summed E-state index contributed by atoms with van der Waals surface area (Å²) in [7, 11) is 0. The summed E-state index contributed by atoms with van der Waals surface area (Å²) in [6.07, 6.45) is 51.3. The molecule has 4 fully saturated rings. The van der Waals surface area contributed by atoms with Crippen molar-refractivity contribution in [3.05, 3.63) is 93.9 Å². The van der Waals surface area contributed by atoms with Gasteiger partial charge in [-0.05, 0) is 173 Å². The van der Waals surface area contributed by atoms with Crippen molar-refractivity contribution in [2.45, 2.75) is 465 Å². The van der Waals surface area contributed by atoms with Crippen molar-refractivity contribution in [2.75, 3.05) is 5.34 Å². The zero-order chi connectivity index (χ0) is 96.8. The first-order valence-corrected chi connectivity index (χ1v) is 48.6. The van der Waals surface area contributed by atoms with E-state index in [-0.39, 0.29) is 89.6 Å². The van der Waals surface area contributed by atoms with Crippen LogP contribution in [0.25, 0.3) is 0 Å². The molecular weight excluding hydrogens is 1690 g/mol. The number of carbonyl (C=O) groups is 8. The third-order valence-electron chi connectivity index (χ3n) is 21.7. The van der Waals surface area contributed by atoms with Gasteiger partial charge in [0.25, 0.3) is 5.79 Å². The molecule has 24 nitrogen and oxygen atoms in total. The van der Waals surface area contributed by atoms with Gasteiger partial charge in [-0.15, -0.1) is 56.1 Å². The largest absolute Gasteiger partial charge is 0.481 e. The van der Waals surface area contributed by atoms with Gasteiger partial charge >= 0.3 is 35.8 Å². The maximum atomic E-state index is 11.5. The number of aromatic nitrogens is 1. The molecule has 4 saturated heterocycles. The summed E-state index contributed by atoms with van der Waals surface area (Å²) in [5, 5.41) is 46.7. The van der Waals surface area contributed by atoms with E-state index in [2.05, 4.69) is 75.0 Å². The molecule has 5 N–H and O–H groups in total. The highest BCUT2D eigenvalue weighted by molar-refractivity contribution is 6.63. The number of carboxylic acid groups (broad SMARTS) is 1. The van der Waals surface area contributed by atoms with E-state index in [9.17, 15) is 53.7 Å². The average molecular weight is 1860 g/mol. The predicted molar refractivity (Wildman–Crippen MR) is 509 cm³/mol. The molecule has 0 saturated carbocycles. The SMILES string of the molecule is C=CCCCCCCCCC(=O)CC(=O)O.C=CCCCCCCCCC(=O)Cl.C=CCCCCCCCCC(C)O.C=CCCCCCCCCC(C)O[C@@H]1OC(C)[C@H](C)[C@H](C)C1OC(C)=O.C=CCCCCCCCCC(C)O[C@@H]1OC(C)[C@H](O)[C@H](O)C1O.CC(=O)OC1OC(C)[C@H](C)[C@H](C)C1OC(C)=O.CC1(C)OC(=O)CC(=O)O1.ClCCl.c1ccncc1. The molecule has 0 bridgehead atoms. The number of nitrogens with zero attached hydrogens (tertiary/aromatic N) is 1. The van der Waals surface area contributed by atoms with Gasteiger partial charge in [-0.3, -0.25) is 43.3 Å². The second kappa shape index (κ2) is 84.8. The summed E-state index contributed by atoms with van der Waals surface area (Å²) < 4.78 is 54.0. The number of carbonyl (C=O) groups excluding carboxylic acids is 7. The Kier molecular flexibility index (Phi) is 85.3. The number of rotatable bonds is 54. The number of halogens is 3. The number of hydrogen-bond donors (Lipinski definition) is 5. The number of unbranched alkanes of at least 4 members (excludes halogenated alkanes) is 30. The number of cyclic esters (lactones) is 2. The summed E-state index contributed by atoms with van der Waals surface area (Å²) in [6, 6.07) is 5.72. The maximum Gasteiger partial charge on any atom is 0.320 e. The number of ketones is 1. The minimum Gasteiger partial charge on any atom is -0.481 e. The van der Waals surface area contributed by atoms with Crippen molar-refractivity contribution < 1.29 is 111 Å². The molecule has 0 aromatic carbocycles. The van der Waals surface area contributed by atoms with E-state index in [0.29, 0.717) is 18.8 Å². The lowest BCUT2D eigenvalue weighted by Gasteiger charge is -2.43. The highest BCUT2D eigenvalue weighted by Crippen LogP contribution is 2.36. The normalized spacial score (nSPS) is 23.0. The molecule has 1 aromatic heterocycles. The van der Waals surface area contributed by atoms with E-state index in [1.54, 1.807) is 19.3 Å². The lowest BCUT2D eigenvalue weighted by molar-refractivity contribution is -0.303. The van der Waals surface area contributed by atoms with Crippen molar-refractivity contribution in [2.24, 2.45) is 23.7 Å². The molecule has 738 valence electrons. The van der Waals surface area contributed by atoms with Crippen molar-refractivity contribution in [3.8, 4) is 0 Å². The lowest BCUT2D eigenvalue weighted by Crippen LogP contribution is -2.57. The van der Waals surface area contributed by atoms with Gasteiger partial charge in [-0.1, -0.05) is 212 Å². The predicted octanol–water partition coefficient (Wildman–Crippen LogP) is 23.5. The van der Waals surface area contributed by atoms with Gasteiger partial charge in [-0.25, -0.2) is 0 Å². The number of aliphatic hydroxyl groups is 4. The summed E-state index contributed by atoms with van der Waals surface area (Å²) in [5.74, 6) is -3.57. The number of carboxylic acids is 1. The van der Waals surface area contributed by atoms with Crippen LogP contribution >= 0.6 is 34.8 Å². The third-order valence-corrected chi connectivity index (χ3v) is 21.9. The van der Waals surface area contributed by atoms with Crippen LogP contribution in [0, 0.1) is 23.7 Å². The minimum absolute atomic E-state index is 0.0406. The van der Waals surface area contributed by atoms with Crippen molar-refractivity contribution in [1.29, 1.82) is 0 Å². The number of hydrogen-bond acceptors (Lipinski definition) is 23. The van der Waals surface area contributed by atoms with Crippen LogP contribution in [0.2, 0.25) is 0 Å². The smallest absolute Gasteiger partial charge is 0.320 e. The Hall–Kier alpha value is -5.48. The highest BCUT2D eigenvalue weighted by Gasteiger charge is 2.46. The molecule has 0 spiro atoms. The van der Waals surface area contributed by atoms with Crippen molar-refractivity contribution in [3.63, 3.8) is 0 Å². The fraction of sp³-hybridized carbons (Fsp3) is 0.770. The number of alkyl halides is 2. The number of aliphatic carboxylic acids is 1.